The second-order valence-corrected chi connectivity index (χ2v) is 3.87. The molecular formula is C7H3BrCl2N2. The van der Waals surface area contributed by atoms with Crippen LogP contribution in [0.25, 0.3) is 10.9 Å². The highest BCUT2D eigenvalue weighted by Gasteiger charge is 2.09. The van der Waals surface area contributed by atoms with Crippen LogP contribution in [-0.4, -0.2) is 10.2 Å². The van der Waals surface area contributed by atoms with Gasteiger partial charge in [0.1, 0.15) is 4.60 Å². The van der Waals surface area contributed by atoms with Crippen molar-refractivity contribution >= 4 is 50.0 Å². The molecule has 2 rings (SSSR count). The molecule has 0 unspecified atom stereocenters. The van der Waals surface area contributed by atoms with Gasteiger partial charge < -0.3 is 0 Å². The van der Waals surface area contributed by atoms with Gasteiger partial charge >= 0.3 is 0 Å². The van der Waals surface area contributed by atoms with Gasteiger partial charge in [-0.25, -0.2) is 0 Å². The Kier molecular flexibility index (Phi) is 2.02. The number of fused-ring (bicyclic) bond motifs is 1. The first kappa shape index (κ1) is 8.35. The first-order chi connectivity index (χ1) is 5.70. The van der Waals surface area contributed by atoms with Gasteiger partial charge in [0.15, 0.2) is 0 Å². The molecule has 2 nitrogen and oxygen atoms in total. The second kappa shape index (κ2) is 2.91. The van der Waals surface area contributed by atoms with Crippen molar-refractivity contribution in [3.63, 3.8) is 0 Å². The van der Waals surface area contributed by atoms with E-state index in [-0.39, 0.29) is 0 Å². The van der Waals surface area contributed by atoms with Crippen LogP contribution in [0.3, 0.4) is 0 Å². The number of benzene rings is 1. The van der Waals surface area contributed by atoms with E-state index in [1.165, 1.54) is 0 Å². The van der Waals surface area contributed by atoms with Gasteiger partial charge in [-0.3, -0.25) is 5.10 Å². The van der Waals surface area contributed by atoms with Crippen molar-refractivity contribution in [3.8, 4) is 0 Å². The predicted octanol–water partition coefficient (Wildman–Crippen LogP) is 3.63. The molecule has 2 aromatic rings. The van der Waals surface area contributed by atoms with Crippen molar-refractivity contribution in [1.82, 2.24) is 10.2 Å². The Morgan fingerprint density at radius 1 is 1.33 bits per heavy atom. The highest BCUT2D eigenvalue weighted by molar-refractivity contribution is 9.10. The number of rotatable bonds is 0. The first-order valence-corrected chi connectivity index (χ1v) is 4.72. The van der Waals surface area contributed by atoms with E-state index in [0.717, 1.165) is 15.5 Å². The SMILES string of the molecule is Clc1ccc2n[nH]c(Br)c2c1Cl. The Bertz CT molecular complexity index is 438. The zero-order valence-electron chi connectivity index (χ0n) is 5.74. The Balaban J connectivity index is 2.96. The van der Waals surface area contributed by atoms with Crippen LogP contribution in [-0.2, 0) is 0 Å². The monoisotopic (exact) mass is 264 g/mol. The van der Waals surface area contributed by atoms with E-state index < -0.39 is 0 Å². The fourth-order valence-electron chi connectivity index (χ4n) is 1.01. The molecule has 0 saturated carbocycles. The number of H-pyrrole nitrogens is 1. The second-order valence-electron chi connectivity index (χ2n) is 2.29. The van der Waals surface area contributed by atoms with Crippen molar-refractivity contribution in [3.05, 3.63) is 26.8 Å². The van der Waals surface area contributed by atoms with E-state index in [4.69, 9.17) is 23.2 Å². The minimum absolute atomic E-state index is 0.523. The summed E-state index contributed by atoms with van der Waals surface area (Å²) in [6, 6.07) is 3.53. The highest BCUT2D eigenvalue weighted by Crippen LogP contribution is 2.33. The molecule has 1 aromatic heterocycles. The van der Waals surface area contributed by atoms with Gasteiger partial charge in [0.05, 0.1) is 20.9 Å². The molecule has 1 heterocycles. The Morgan fingerprint density at radius 3 is 2.83 bits per heavy atom. The molecule has 0 bridgehead atoms. The molecule has 0 aliphatic rings. The van der Waals surface area contributed by atoms with Gasteiger partial charge in [0.25, 0.3) is 0 Å². The number of nitrogens with zero attached hydrogens (tertiary/aromatic N) is 1. The van der Waals surface area contributed by atoms with Crippen molar-refractivity contribution in [1.29, 1.82) is 0 Å². The third-order valence-electron chi connectivity index (χ3n) is 1.57. The van der Waals surface area contributed by atoms with Crippen molar-refractivity contribution in [2.24, 2.45) is 0 Å². The molecule has 0 aliphatic heterocycles. The molecule has 0 radical (unpaired) electrons. The average Bonchev–Trinajstić information content (AvgIpc) is 2.41. The molecule has 0 aliphatic carbocycles. The minimum atomic E-state index is 0.523. The lowest BCUT2D eigenvalue weighted by Gasteiger charge is -1.95. The maximum absolute atomic E-state index is 5.95. The molecule has 12 heavy (non-hydrogen) atoms. The molecule has 62 valence electrons. The summed E-state index contributed by atoms with van der Waals surface area (Å²) >= 11 is 15.1. The van der Waals surface area contributed by atoms with E-state index in [2.05, 4.69) is 26.1 Å². The Hall–Kier alpha value is -0.250. The summed E-state index contributed by atoms with van der Waals surface area (Å²) in [6.45, 7) is 0. The van der Waals surface area contributed by atoms with Gasteiger partial charge in [-0.2, -0.15) is 5.10 Å². The fourth-order valence-corrected chi connectivity index (χ4v) is 2.02. The third kappa shape index (κ3) is 1.13. The topological polar surface area (TPSA) is 28.7 Å². The van der Waals surface area contributed by atoms with Crippen molar-refractivity contribution < 1.29 is 0 Å². The van der Waals surface area contributed by atoms with E-state index >= 15 is 0 Å². The maximum Gasteiger partial charge on any atom is 0.110 e. The number of aromatic amines is 1. The summed E-state index contributed by atoms with van der Waals surface area (Å²) in [5, 5.41) is 8.65. The molecule has 0 atom stereocenters. The van der Waals surface area contributed by atoms with Gasteiger partial charge in [-0.15, -0.1) is 0 Å². The highest BCUT2D eigenvalue weighted by atomic mass is 79.9. The Morgan fingerprint density at radius 2 is 2.08 bits per heavy atom. The summed E-state index contributed by atoms with van der Waals surface area (Å²) < 4.78 is 0.755. The quantitative estimate of drug-likeness (QED) is 0.774. The van der Waals surface area contributed by atoms with Gasteiger partial charge in [-0.05, 0) is 28.1 Å². The van der Waals surface area contributed by atoms with Crippen LogP contribution in [0.5, 0.6) is 0 Å². The lowest BCUT2D eigenvalue weighted by atomic mass is 10.2. The summed E-state index contributed by atoms with van der Waals surface area (Å²) in [7, 11) is 0. The molecular weight excluding hydrogens is 263 g/mol. The summed E-state index contributed by atoms with van der Waals surface area (Å²) in [4.78, 5) is 0. The standard InChI is InChI=1S/C7H3BrCl2N2/c8-7-5-4(11-12-7)2-1-3(9)6(5)10/h1-2H,(H,11,12). The van der Waals surface area contributed by atoms with Crippen molar-refractivity contribution in [2.45, 2.75) is 0 Å². The van der Waals surface area contributed by atoms with Crippen LogP contribution in [0.1, 0.15) is 0 Å². The number of halogens is 3. The van der Waals surface area contributed by atoms with Crippen LogP contribution in [0.4, 0.5) is 0 Å². The largest absolute Gasteiger partial charge is 0.270 e. The van der Waals surface area contributed by atoms with Crippen LogP contribution in [0.15, 0.2) is 16.7 Å². The summed E-state index contributed by atoms with van der Waals surface area (Å²) in [5.41, 5.74) is 0.802. The normalized spacial score (nSPS) is 10.9. The number of hydrogen-bond donors (Lipinski definition) is 1. The predicted molar refractivity (Wildman–Crippen MR) is 53.8 cm³/mol. The minimum Gasteiger partial charge on any atom is -0.270 e. The fraction of sp³-hybridized carbons (Fsp3) is 0. The third-order valence-corrected chi connectivity index (χ3v) is 2.94. The lowest BCUT2D eigenvalue weighted by molar-refractivity contribution is 1.10. The van der Waals surface area contributed by atoms with Crippen LogP contribution < -0.4 is 0 Å². The van der Waals surface area contributed by atoms with Crippen LogP contribution >= 0.6 is 39.1 Å². The zero-order chi connectivity index (χ0) is 8.72. The van der Waals surface area contributed by atoms with Crippen LogP contribution in [0.2, 0.25) is 10.0 Å². The van der Waals surface area contributed by atoms with Crippen LogP contribution in [0, 0.1) is 0 Å². The maximum atomic E-state index is 5.95. The molecule has 5 heteroatoms. The Labute approximate surface area is 87.0 Å². The van der Waals surface area contributed by atoms with Gasteiger partial charge in [-0.1, -0.05) is 23.2 Å². The molecule has 1 aromatic carbocycles. The molecule has 0 amide bonds. The number of nitrogens with one attached hydrogen (secondary N) is 1. The number of aromatic nitrogens is 2. The molecule has 0 spiro atoms. The van der Waals surface area contributed by atoms with E-state index in [1.54, 1.807) is 6.07 Å². The zero-order valence-corrected chi connectivity index (χ0v) is 8.83. The molecule has 0 fully saturated rings. The summed E-state index contributed by atoms with van der Waals surface area (Å²) in [5.74, 6) is 0. The summed E-state index contributed by atoms with van der Waals surface area (Å²) in [6.07, 6.45) is 0. The van der Waals surface area contributed by atoms with E-state index in [0.29, 0.717) is 10.0 Å². The average molecular weight is 266 g/mol. The molecule has 0 saturated heterocycles. The van der Waals surface area contributed by atoms with Gasteiger partial charge in [0.2, 0.25) is 0 Å². The smallest absolute Gasteiger partial charge is 0.110 e. The van der Waals surface area contributed by atoms with E-state index in [9.17, 15) is 0 Å². The number of hydrogen-bond acceptors (Lipinski definition) is 1. The lowest BCUT2D eigenvalue weighted by Crippen LogP contribution is -1.71. The molecule has 1 N–H and O–H groups in total. The first-order valence-electron chi connectivity index (χ1n) is 3.17. The van der Waals surface area contributed by atoms with Crippen molar-refractivity contribution in [2.75, 3.05) is 0 Å². The van der Waals surface area contributed by atoms with Gasteiger partial charge in [0, 0.05) is 0 Å². The van der Waals surface area contributed by atoms with E-state index in [1.807, 2.05) is 6.07 Å².